The zero-order chi connectivity index (χ0) is 17.6. The molecule has 0 bridgehead atoms. The monoisotopic (exact) mass is 342 g/mol. The number of amides is 1. The van der Waals surface area contributed by atoms with Crippen molar-refractivity contribution in [2.75, 3.05) is 24.6 Å². The molecular formula is C19H22N2O4. The number of aryl methyl sites for hydroxylation is 1. The van der Waals surface area contributed by atoms with Crippen molar-refractivity contribution in [1.82, 2.24) is 5.32 Å². The van der Waals surface area contributed by atoms with Gasteiger partial charge in [-0.15, -0.1) is 0 Å². The van der Waals surface area contributed by atoms with Crippen LogP contribution in [0.3, 0.4) is 0 Å². The predicted octanol–water partition coefficient (Wildman–Crippen LogP) is 2.53. The summed E-state index contributed by atoms with van der Waals surface area (Å²) in [5.41, 5.74) is 2.56. The summed E-state index contributed by atoms with van der Waals surface area (Å²) in [7, 11) is 0. The molecule has 0 radical (unpaired) electrons. The fraction of sp³-hybridized carbons (Fsp3) is 0.368. The van der Waals surface area contributed by atoms with Gasteiger partial charge in [-0.1, -0.05) is 18.2 Å². The minimum atomic E-state index is -0.487. The second-order valence-electron chi connectivity index (χ2n) is 6.03. The number of nitrogens with one attached hydrogen (secondary N) is 1. The Bertz CT molecular complexity index is 753. The van der Waals surface area contributed by atoms with Gasteiger partial charge in [-0.05, 0) is 36.6 Å². The molecule has 25 heavy (non-hydrogen) atoms. The van der Waals surface area contributed by atoms with Gasteiger partial charge in [0, 0.05) is 19.2 Å². The third-order valence-corrected chi connectivity index (χ3v) is 4.18. The van der Waals surface area contributed by atoms with Crippen molar-refractivity contribution < 1.29 is 18.7 Å². The molecule has 0 saturated heterocycles. The lowest BCUT2D eigenvalue weighted by atomic mass is 10.0. The molecule has 1 aromatic heterocycles. The van der Waals surface area contributed by atoms with E-state index in [9.17, 15) is 9.59 Å². The zero-order valence-electron chi connectivity index (χ0n) is 14.3. The van der Waals surface area contributed by atoms with Crippen molar-refractivity contribution in [2.24, 2.45) is 0 Å². The van der Waals surface area contributed by atoms with E-state index in [1.165, 1.54) is 18.2 Å². The van der Waals surface area contributed by atoms with E-state index in [2.05, 4.69) is 28.4 Å². The van der Waals surface area contributed by atoms with Crippen LogP contribution in [0.15, 0.2) is 40.8 Å². The van der Waals surface area contributed by atoms with Crippen molar-refractivity contribution in [1.29, 1.82) is 0 Å². The van der Waals surface area contributed by atoms with Gasteiger partial charge in [0.15, 0.2) is 0 Å². The molecule has 1 aliphatic heterocycles. The average Bonchev–Trinajstić information content (AvgIpc) is 3.09. The van der Waals surface area contributed by atoms with Crippen molar-refractivity contribution in [2.45, 2.75) is 26.3 Å². The molecule has 2 heterocycles. The highest BCUT2D eigenvalue weighted by Gasteiger charge is 2.17. The Morgan fingerprint density at radius 2 is 2.08 bits per heavy atom. The normalized spacial score (nSPS) is 13.2. The number of anilines is 1. The molecule has 0 unspecified atom stereocenters. The first-order chi connectivity index (χ1) is 12.1. The molecule has 0 fully saturated rings. The van der Waals surface area contributed by atoms with E-state index in [0.717, 1.165) is 19.4 Å². The Morgan fingerprint density at radius 1 is 1.24 bits per heavy atom. The van der Waals surface area contributed by atoms with E-state index in [1.807, 2.05) is 6.07 Å². The van der Waals surface area contributed by atoms with Gasteiger partial charge in [0.2, 0.25) is 11.7 Å². The van der Waals surface area contributed by atoms with Crippen LogP contribution in [-0.4, -0.2) is 31.6 Å². The summed E-state index contributed by atoms with van der Waals surface area (Å²) in [6.07, 6.45) is 2.20. The van der Waals surface area contributed by atoms with Gasteiger partial charge in [0.25, 0.3) is 0 Å². The van der Waals surface area contributed by atoms with E-state index in [1.54, 1.807) is 12.1 Å². The van der Waals surface area contributed by atoms with Gasteiger partial charge < -0.3 is 19.4 Å². The molecule has 3 rings (SSSR count). The Kier molecular flexibility index (Phi) is 5.38. The highest BCUT2D eigenvalue weighted by Crippen LogP contribution is 2.26. The van der Waals surface area contributed by atoms with E-state index in [-0.39, 0.29) is 18.2 Å². The number of nitrogens with zero attached hydrogens (tertiary/aromatic N) is 1. The number of benzene rings is 1. The lowest BCUT2D eigenvalue weighted by Gasteiger charge is -2.30. The van der Waals surface area contributed by atoms with Gasteiger partial charge in [-0.2, -0.15) is 0 Å². The fourth-order valence-corrected chi connectivity index (χ4v) is 2.96. The maximum Gasteiger partial charge on any atom is 0.374 e. The van der Waals surface area contributed by atoms with E-state index < -0.39 is 5.97 Å². The number of esters is 1. The van der Waals surface area contributed by atoms with Crippen LogP contribution in [0.4, 0.5) is 5.69 Å². The molecule has 1 amide bonds. The van der Waals surface area contributed by atoms with Gasteiger partial charge in [0.1, 0.15) is 12.4 Å². The molecule has 2 aromatic rings. The molecule has 0 saturated carbocycles. The standard InChI is InChI=1S/C19H22N2O4/c1-14(22)20-13-16-8-9-18(25-16)19(23)24-12-11-21-10-4-6-15-5-2-3-7-17(15)21/h2-3,5,7-9H,4,6,10-13H2,1H3,(H,20,22). The molecule has 0 aliphatic carbocycles. The molecular weight excluding hydrogens is 320 g/mol. The van der Waals surface area contributed by atoms with E-state index >= 15 is 0 Å². The number of fused-ring (bicyclic) bond motifs is 1. The van der Waals surface area contributed by atoms with Gasteiger partial charge in [0.05, 0.1) is 13.1 Å². The first kappa shape index (κ1) is 17.1. The van der Waals surface area contributed by atoms with Crippen LogP contribution in [-0.2, 0) is 22.5 Å². The zero-order valence-corrected chi connectivity index (χ0v) is 14.3. The maximum absolute atomic E-state index is 12.1. The Hall–Kier alpha value is -2.76. The third kappa shape index (κ3) is 4.41. The molecule has 1 aliphatic rings. The summed E-state index contributed by atoms with van der Waals surface area (Å²) in [4.78, 5) is 25.2. The largest absolute Gasteiger partial charge is 0.458 e. The average molecular weight is 342 g/mol. The van der Waals surface area contributed by atoms with Crippen LogP contribution >= 0.6 is 0 Å². The summed E-state index contributed by atoms with van der Waals surface area (Å²) in [6, 6.07) is 11.6. The highest BCUT2D eigenvalue weighted by molar-refractivity contribution is 5.86. The summed E-state index contributed by atoms with van der Waals surface area (Å²) >= 11 is 0. The molecule has 0 atom stereocenters. The molecule has 1 N–H and O–H groups in total. The van der Waals surface area contributed by atoms with Crippen LogP contribution in [0.5, 0.6) is 0 Å². The lowest BCUT2D eigenvalue weighted by Crippen LogP contribution is -2.32. The molecule has 0 spiro atoms. The smallest absolute Gasteiger partial charge is 0.374 e. The Balaban J connectivity index is 1.49. The number of carbonyl (C=O) groups is 2. The van der Waals surface area contributed by atoms with Crippen molar-refractivity contribution in [3.8, 4) is 0 Å². The highest BCUT2D eigenvalue weighted by atomic mass is 16.5. The second-order valence-corrected chi connectivity index (χ2v) is 6.03. The third-order valence-electron chi connectivity index (χ3n) is 4.18. The SMILES string of the molecule is CC(=O)NCc1ccc(C(=O)OCCN2CCCc3ccccc32)o1. The quantitative estimate of drug-likeness (QED) is 0.817. The minimum absolute atomic E-state index is 0.151. The number of hydrogen-bond acceptors (Lipinski definition) is 5. The van der Waals surface area contributed by atoms with Crippen LogP contribution < -0.4 is 10.2 Å². The number of carbonyl (C=O) groups excluding carboxylic acids is 2. The number of hydrogen-bond donors (Lipinski definition) is 1. The topological polar surface area (TPSA) is 71.8 Å². The first-order valence-electron chi connectivity index (χ1n) is 8.46. The fourth-order valence-electron chi connectivity index (χ4n) is 2.96. The van der Waals surface area contributed by atoms with E-state index in [0.29, 0.717) is 18.9 Å². The summed E-state index contributed by atoms with van der Waals surface area (Å²) in [5.74, 6) is 0.0354. The van der Waals surface area contributed by atoms with Gasteiger partial charge in [-0.25, -0.2) is 4.79 Å². The minimum Gasteiger partial charge on any atom is -0.458 e. The molecule has 6 heteroatoms. The summed E-state index contributed by atoms with van der Waals surface area (Å²) in [5, 5.41) is 2.62. The summed E-state index contributed by atoms with van der Waals surface area (Å²) < 4.78 is 10.7. The lowest BCUT2D eigenvalue weighted by molar-refractivity contribution is -0.119. The van der Waals surface area contributed by atoms with Crippen LogP contribution in [0.25, 0.3) is 0 Å². The second kappa shape index (κ2) is 7.88. The van der Waals surface area contributed by atoms with Crippen molar-refractivity contribution in [3.63, 3.8) is 0 Å². The number of ether oxygens (including phenoxy) is 1. The summed E-state index contributed by atoms with van der Waals surface area (Å²) in [6.45, 7) is 3.61. The van der Waals surface area contributed by atoms with Gasteiger partial charge >= 0.3 is 5.97 Å². The van der Waals surface area contributed by atoms with E-state index in [4.69, 9.17) is 9.15 Å². The maximum atomic E-state index is 12.1. The Labute approximate surface area is 146 Å². The van der Waals surface area contributed by atoms with Crippen LogP contribution in [0.2, 0.25) is 0 Å². The molecule has 6 nitrogen and oxygen atoms in total. The molecule has 1 aromatic carbocycles. The van der Waals surface area contributed by atoms with Crippen molar-refractivity contribution in [3.05, 3.63) is 53.5 Å². The van der Waals surface area contributed by atoms with Crippen LogP contribution in [0, 0.1) is 0 Å². The number of furan rings is 1. The van der Waals surface area contributed by atoms with Crippen LogP contribution in [0.1, 0.15) is 35.2 Å². The van der Waals surface area contributed by atoms with Gasteiger partial charge in [-0.3, -0.25) is 4.79 Å². The number of rotatable bonds is 6. The van der Waals surface area contributed by atoms with Crippen molar-refractivity contribution >= 4 is 17.6 Å². The number of para-hydroxylation sites is 1. The first-order valence-corrected chi connectivity index (χ1v) is 8.46. The Morgan fingerprint density at radius 3 is 2.92 bits per heavy atom. The predicted molar refractivity (Wildman–Crippen MR) is 93.5 cm³/mol. The molecule has 132 valence electrons.